The van der Waals surface area contributed by atoms with Crippen molar-refractivity contribution in [3.8, 4) is 5.88 Å². The fourth-order valence-electron chi connectivity index (χ4n) is 5.24. The maximum Gasteiger partial charge on any atom is 0.354 e. The highest BCUT2D eigenvalue weighted by Crippen LogP contribution is 2.30. The third-order valence-corrected chi connectivity index (χ3v) is 7.81. The van der Waals surface area contributed by atoms with Crippen LogP contribution in [0.1, 0.15) is 53.9 Å². The topological polar surface area (TPSA) is 115 Å². The van der Waals surface area contributed by atoms with Gasteiger partial charge in [0.25, 0.3) is 0 Å². The summed E-state index contributed by atoms with van der Waals surface area (Å²) in [4.78, 5) is 32.2. The first-order chi connectivity index (χ1) is 19.3. The van der Waals surface area contributed by atoms with E-state index in [1.165, 1.54) is 6.07 Å². The minimum atomic E-state index is -1.05. The highest BCUT2D eigenvalue weighted by atomic mass is 35.5. The van der Waals surface area contributed by atoms with Gasteiger partial charge in [-0.15, -0.1) is 0 Å². The summed E-state index contributed by atoms with van der Waals surface area (Å²) in [5.74, 6) is 0.443. The summed E-state index contributed by atoms with van der Waals surface area (Å²) in [6.45, 7) is 5.74. The Morgan fingerprint density at radius 1 is 1.12 bits per heavy atom. The van der Waals surface area contributed by atoms with Crippen LogP contribution in [-0.4, -0.2) is 71.9 Å². The summed E-state index contributed by atoms with van der Waals surface area (Å²) in [6.07, 6.45) is 5.01. The van der Waals surface area contributed by atoms with Crippen LogP contribution in [0, 0.1) is 0 Å². The second kappa shape index (κ2) is 11.1. The van der Waals surface area contributed by atoms with E-state index < -0.39 is 5.97 Å². The van der Waals surface area contributed by atoms with E-state index in [9.17, 15) is 9.90 Å². The fraction of sp³-hybridized carbons (Fsp3) is 0.414. The average molecular weight is 563 g/mol. The minimum absolute atomic E-state index is 0.0138. The first-order valence-corrected chi connectivity index (χ1v) is 13.9. The summed E-state index contributed by atoms with van der Waals surface area (Å²) in [5, 5.41) is 10.1. The molecule has 0 saturated carbocycles. The molecule has 0 aromatic carbocycles. The third-order valence-electron chi connectivity index (χ3n) is 7.58. The van der Waals surface area contributed by atoms with Gasteiger partial charge in [-0.3, -0.25) is 9.88 Å². The molecular weight excluding hydrogens is 532 g/mol. The number of imidazole rings is 1. The van der Waals surface area contributed by atoms with Gasteiger partial charge >= 0.3 is 5.97 Å². The highest BCUT2D eigenvalue weighted by Gasteiger charge is 2.35. The van der Waals surface area contributed by atoms with Crippen LogP contribution >= 0.6 is 11.6 Å². The Hall–Kier alpha value is -3.60. The molecular formula is C29H31ClN6O4. The second-order valence-electron chi connectivity index (χ2n) is 10.7. The third kappa shape index (κ3) is 5.94. The summed E-state index contributed by atoms with van der Waals surface area (Å²) < 4.78 is 14.1. The summed E-state index contributed by atoms with van der Waals surface area (Å²) in [6, 6.07) is 12.8. The molecule has 6 rings (SSSR count). The van der Waals surface area contributed by atoms with Crippen molar-refractivity contribution in [1.82, 2.24) is 29.4 Å². The first-order valence-electron chi connectivity index (χ1n) is 13.5. The quantitative estimate of drug-likeness (QED) is 0.317. The number of hydrogen-bond donors (Lipinski definition) is 1. The number of hydrogen-bond acceptors (Lipinski definition) is 8. The molecule has 0 spiro atoms. The number of likely N-dealkylation sites (tertiary alicyclic amines) is 1. The van der Waals surface area contributed by atoms with Crippen LogP contribution in [0.4, 0.5) is 0 Å². The van der Waals surface area contributed by atoms with Crippen LogP contribution in [0.15, 0.2) is 48.7 Å². The van der Waals surface area contributed by atoms with E-state index in [1.54, 1.807) is 12.3 Å². The van der Waals surface area contributed by atoms with Crippen LogP contribution in [0.2, 0.25) is 5.02 Å². The molecule has 208 valence electrons. The highest BCUT2D eigenvalue weighted by molar-refractivity contribution is 6.30. The Kier molecular flexibility index (Phi) is 7.39. The van der Waals surface area contributed by atoms with Gasteiger partial charge in [-0.1, -0.05) is 17.7 Å². The molecule has 4 aromatic rings. The van der Waals surface area contributed by atoms with E-state index in [0.29, 0.717) is 41.6 Å². The van der Waals surface area contributed by atoms with E-state index in [1.807, 2.05) is 34.9 Å². The summed E-state index contributed by atoms with van der Waals surface area (Å²) in [5.41, 5.74) is 2.80. The van der Waals surface area contributed by atoms with Gasteiger partial charge in [-0.25, -0.2) is 19.7 Å². The number of fused-ring (bicyclic) bond motifs is 1. The second-order valence-corrected chi connectivity index (χ2v) is 11.1. The summed E-state index contributed by atoms with van der Waals surface area (Å²) in [7, 11) is 0. The van der Waals surface area contributed by atoms with Gasteiger partial charge in [0, 0.05) is 43.9 Å². The van der Waals surface area contributed by atoms with Gasteiger partial charge in [0.15, 0.2) is 11.3 Å². The number of rotatable bonds is 9. The smallest absolute Gasteiger partial charge is 0.354 e. The van der Waals surface area contributed by atoms with Crippen molar-refractivity contribution >= 4 is 28.7 Å². The molecule has 6 heterocycles. The number of carboxylic acids is 1. The molecule has 0 amide bonds. The Labute approximate surface area is 237 Å². The molecule has 2 fully saturated rings. The molecule has 4 aromatic heterocycles. The number of ether oxygens (including phenoxy) is 2. The van der Waals surface area contributed by atoms with Crippen molar-refractivity contribution in [2.24, 2.45) is 0 Å². The zero-order valence-corrected chi connectivity index (χ0v) is 23.0. The largest absolute Gasteiger partial charge is 0.477 e. The van der Waals surface area contributed by atoms with Crippen molar-refractivity contribution in [3.05, 3.63) is 76.6 Å². The van der Waals surface area contributed by atoms with Gasteiger partial charge in [0.1, 0.15) is 17.4 Å². The minimum Gasteiger partial charge on any atom is -0.477 e. The molecule has 11 heteroatoms. The van der Waals surface area contributed by atoms with Crippen molar-refractivity contribution < 1.29 is 19.4 Å². The van der Waals surface area contributed by atoms with Gasteiger partial charge in [-0.05, 0) is 50.1 Å². The number of halogens is 1. The molecule has 10 nitrogen and oxygen atoms in total. The number of nitrogens with zero attached hydrogens (tertiary/aromatic N) is 6. The normalized spacial score (nSPS) is 19.9. The van der Waals surface area contributed by atoms with Crippen LogP contribution < -0.4 is 4.74 Å². The zero-order valence-electron chi connectivity index (χ0n) is 22.3. The Morgan fingerprint density at radius 2 is 1.95 bits per heavy atom. The maximum atomic E-state index is 11.6. The SMILES string of the molecule is C[C@@]1(Cn2c(CN3CCC(Oc4cccc(Cc5ccc(Cl)cn5)n4)CC3)nc3ccc(C(=O)O)nc32)CCO1. The van der Waals surface area contributed by atoms with Crippen LogP contribution in [0.25, 0.3) is 11.2 Å². The van der Waals surface area contributed by atoms with Gasteiger partial charge in [0.2, 0.25) is 5.88 Å². The van der Waals surface area contributed by atoms with E-state index >= 15 is 0 Å². The number of carbonyl (C=O) groups is 1. The van der Waals surface area contributed by atoms with E-state index in [0.717, 1.165) is 56.2 Å². The Balaban J connectivity index is 1.10. The van der Waals surface area contributed by atoms with Crippen LogP contribution in [0.3, 0.4) is 0 Å². The van der Waals surface area contributed by atoms with Crippen LogP contribution in [-0.2, 0) is 24.2 Å². The number of piperidine rings is 1. The maximum absolute atomic E-state index is 11.6. The van der Waals surface area contributed by atoms with Crippen molar-refractivity contribution in [2.45, 2.75) is 57.4 Å². The molecule has 0 radical (unpaired) electrons. The van der Waals surface area contributed by atoms with E-state index in [2.05, 4.69) is 21.8 Å². The molecule has 0 bridgehead atoms. The first kappa shape index (κ1) is 26.6. The summed E-state index contributed by atoms with van der Waals surface area (Å²) >= 11 is 5.95. The van der Waals surface area contributed by atoms with Crippen molar-refractivity contribution in [3.63, 3.8) is 0 Å². The standard InChI is InChI=1S/C29H31ClN6O4/c1-29(11-14-39-29)18-36-25(33-23-7-8-24(28(37)38)34-27(23)36)17-35-12-9-22(10-13-35)40-26-4-2-3-21(32-26)15-20-6-5-19(30)16-31-20/h2-8,16,22H,9-15,17-18H2,1H3,(H,37,38)/t29-/m0/s1. The lowest BCUT2D eigenvalue weighted by molar-refractivity contribution is -0.142. The van der Waals surface area contributed by atoms with Crippen molar-refractivity contribution in [1.29, 1.82) is 0 Å². The molecule has 40 heavy (non-hydrogen) atoms. The monoisotopic (exact) mass is 562 g/mol. The van der Waals surface area contributed by atoms with E-state index in [4.69, 9.17) is 31.0 Å². The lowest BCUT2D eigenvalue weighted by Crippen LogP contribution is -2.45. The molecule has 0 unspecified atom stereocenters. The van der Waals surface area contributed by atoms with Crippen LogP contribution in [0.5, 0.6) is 5.88 Å². The lowest BCUT2D eigenvalue weighted by atomic mass is 9.97. The molecule has 1 atom stereocenters. The molecule has 2 aliphatic heterocycles. The van der Waals surface area contributed by atoms with Gasteiger partial charge in [0.05, 0.1) is 36.0 Å². The predicted octanol–water partition coefficient (Wildman–Crippen LogP) is 4.39. The van der Waals surface area contributed by atoms with Crippen molar-refractivity contribution in [2.75, 3.05) is 19.7 Å². The molecule has 0 aliphatic carbocycles. The van der Waals surface area contributed by atoms with Gasteiger partial charge < -0.3 is 19.1 Å². The molecule has 1 N–H and O–H groups in total. The Bertz CT molecular complexity index is 1510. The predicted molar refractivity (Wildman–Crippen MR) is 149 cm³/mol. The number of pyridine rings is 3. The lowest BCUT2D eigenvalue weighted by Gasteiger charge is -2.39. The average Bonchev–Trinajstić information content (AvgIpc) is 3.26. The number of aromatic nitrogens is 5. The molecule has 2 aliphatic rings. The van der Waals surface area contributed by atoms with Gasteiger partial charge in [-0.2, -0.15) is 0 Å². The number of carboxylic acid groups (broad SMARTS) is 1. The number of aromatic carboxylic acids is 1. The Morgan fingerprint density at radius 3 is 2.65 bits per heavy atom. The zero-order chi connectivity index (χ0) is 27.7. The fourth-order valence-corrected chi connectivity index (χ4v) is 5.35. The van der Waals surface area contributed by atoms with E-state index in [-0.39, 0.29) is 17.4 Å². The molecule has 2 saturated heterocycles.